The number of hydrogen-bond acceptors (Lipinski definition) is 0. The molecule has 0 fully saturated rings. The van der Waals surface area contributed by atoms with Crippen molar-refractivity contribution >= 4 is 23.2 Å². The van der Waals surface area contributed by atoms with E-state index in [-0.39, 0.29) is 35.2 Å². The van der Waals surface area contributed by atoms with Gasteiger partial charge in [-0.15, -0.1) is 0 Å². The highest BCUT2D eigenvalue weighted by Crippen LogP contribution is 2.54. The molecule has 228 valence electrons. The Kier molecular flexibility index (Phi) is 10.8. The van der Waals surface area contributed by atoms with Crippen molar-refractivity contribution in [2.45, 2.75) is 59.8 Å². The number of alkyl halides is 12. The van der Waals surface area contributed by atoms with E-state index < -0.39 is 59.5 Å². The highest BCUT2D eigenvalue weighted by molar-refractivity contribution is 7.95. The third-order valence-electron chi connectivity index (χ3n) is 5.90. The number of rotatable bonds is 3. The Hall–Kier alpha value is -2.75. The van der Waals surface area contributed by atoms with Crippen molar-refractivity contribution in [3.63, 3.8) is 0 Å². The van der Waals surface area contributed by atoms with E-state index in [1.165, 1.54) is 13.8 Å². The standard InChI is InChI=1S/C25H18F12P.C2H6.CH4/c1-13-4-15(22(26,27)28)9-19(6-13)38(3,20-7-14(2)5-16(10-20)23(29,30)31)21-11-17(24(32,33)34)8-18(12-21)25(35,36)37;1-2;/h4-12H,1-3H3;1-2H3;1H4/q+1;;. The molecule has 0 aromatic heterocycles. The van der Waals surface area contributed by atoms with Crippen molar-refractivity contribution in [2.24, 2.45) is 0 Å². The van der Waals surface area contributed by atoms with Crippen molar-refractivity contribution in [3.05, 3.63) is 88.0 Å². The minimum Gasteiger partial charge on any atom is -0.166 e. The first-order chi connectivity index (χ1) is 18.0. The maximum absolute atomic E-state index is 13.6. The van der Waals surface area contributed by atoms with Crippen molar-refractivity contribution < 1.29 is 52.7 Å². The first kappa shape index (κ1) is 36.3. The van der Waals surface area contributed by atoms with Crippen molar-refractivity contribution in [3.8, 4) is 0 Å². The van der Waals surface area contributed by atoms with Crippen LogP contribution in [0.15, 0.2) is 54.6 Å². The van der Waals surface area contributed by atoms with Gasteiger partial charge < -0.3 is 0 Å². The SMILES string of the molecule is C.CC.Cc1cc(C(F)(F)F)cc([P+](C)(c2cc(C)cc(C(F)(F)F)c2)c2cc(C(F)(F)F)cc(C(F)(F)F)c2)c1. The molecule has 0 aliphatic rings. The van der Waals surface area contributed by atoms with Crippen LogP contribution in [0.1, 0.15) is 54.7 Å². The Morgan fingerprint density at radius 2 is 0.634 bits per heavy atom. The van der Waals surface area contributed by atoms with Gasteiger partial charge in [0.25, 0.3) is 0 Å². The molecule has 0 amide bonds. The molecule has 3 aromatic rings. The molecule has 0 saturated heterocycles. The summed E-state index contributed by atoms with van der Waals surface area (Å²) in [5.74, 6) is 0. The van der Waals surface area contributed by atoms with E-state index in [2.05, 4.69) is 0 Å². The Bertz CT molecular complexity index is 1250. The Balaban J connectivity index is 0.00000274. The molecule has 13 heteroatoms. The van der Waals surface area contributed by atoms with Crippen LogP contribution in [0.5, 0.6) is 0 Å². The van der Waals surface area contributed by atoms with Crippen LogP contribution in [-0.2, 0) is 24.7 Å². The smallest absolute Gasteiger partial charge is 0.166 e. The van der Waals surface area contributed by atoms with Crippen LogP contribution < -0.4 is 15.9 Å². The van der Waals surface area contributed by atoms with Crippen molar-refractivity contribution in [1.82, 2.24) is 0 Å². The zero-order valence-electron chi connectivity index (χ0n) is 21.7. The lowest BCUT2D eigenvalue weighted by atomic mass is 10.1. The lowest BCUT2D eigenvalue weighted by Crippen LogP contribution is -2.33. The summed E-state index contributed by atoms with van der Waals surface area (Å²) in [7, 11) is -3.97. The monoisotopic (exact) mass is 623 g/mol. The van der Waals surface area contributed by atoms with E-state index in [1.54, 1.807) is 0 Å². The zero-order valence-corrected chi connectivity index (χ0v) is 22.6. The lowest BCUT2D eigenvalue weighted by Gasteiger charge is -2.27. The van der Waals surface area contributed by atoms with E-state index in [1.807, 2.05) is 13.8 Å². The molecule has 0 aliphatic heterocycles. The molecule has 0 aliphatic carbocycles. The third-order valence-corrected chi connectivity index (χ3v) is 9.77. The summed E-state index contributed by atoms with van der Waals surface area (Å²) >= 11 is 0. The highest BCUT2D eigenvalue weighted by Gasteiger charge is 2.47. The molecule has 0 nitrogen and oxygen atoms in total. The van der Waals surface area contributed by atoms with Gasteiger partial charge in [-0.3, -0.25) is 0 Å². The van der Waals surface area contributed by atoms with Crippen molar-refractivity contribution in [1.29, 1.82) is 0 Å². The average molecular weight is 623 g/mol. The van der Waals surface area contributed by atoms with Gasteiger partial charge in [0.2, 0.25) is 0 Å². The summed E-state index contributed by atoms with van der Waals surface area (Å²) in [6.45, 7) is 7.56. The van der Waals surface area contributed by atoms with Gasteiger partial charge in [0.15, 0.2) is 0 Å². The van der Waals surface area contributed by atoms with Gasteiger partial charge in [-0.1, -0.05) is 21.3 Å². The largest absolute Gasteiger partial charge is 0.416 e. The molecule has 41 heavy (non-hydrogen) atoms. The molecular formula is C28H28F12P+. The Morgan fingerprint density at radius 1 is 0.415 bits per heavy atom. The maximum atomic E-state index is 13.6. The van der Waals surface area contributed by atoms with Crippen LogP contribution in [0.25, 0.3) is 0 Å². The van der Waals surface area contributed by atoms with Gasteiger partial charge >= 0.3 is 24.7 Å². The molecule has 3 rings (SSSR count). The fourth-order valence-corrected chi connectivity index (χ4v) is 7.42. The molecule has 0 N–H and O–H groups in total. The van der Waals surface area contributed by atoms with E-state index in [0.717, 1.165) is 30.9 Å². The fraction of sp³-hybridized carbons (Fsp3) is 0.357. The van der Waals surface area contributed by atoms with Crippen LogP contribution in [-0.4, -0.2) is 6.66 Å². The number of benzene rings is 3. The molecule has 0 saturated carbocycles. The quantitative estimate of drug-likeness (QED) is 0.201. The van der Waals surface area contributed by atoms with Gasteiger partial charge in [0.05, 0.1) is 28.9 Å². The van der Waals surface area contributed by atoms with E-state index in [0.29, 0.717) is 24.3 Å². The van der Waals surface area contributed by atoms with Gasteiger partial charge in [0, 0.05) is 0 Å². The van der Waals surface area contributed by atoms with Crippen LogP contribution >= 0.6 is 7.26 Å². The van der Waals surface area contributed by atoms with Crippen LogP contribution in [0.2, 0.25) is 0 Å². The van der Waals surface area contributed by atoms with E-state index >= 15 is 0 Å². The topological polar surface area (TPSA) is 0 Å². The number of hydrogen-bond donors (Lipinski definition) is 0. The third kappa shape index (κ3) is 8.17. The van der Waals surface area contributed by atoms with Gasteiger partial charge in [-0.2, -0.15) is 52.7 Å². The number of aryl methyl sites for hydroxylation is 2. The second-order valence-corrected chi connectivity index (χ2v) is 12.4. The van der Waals surface area contributed by atoms with E-state index in [4.69, 9.17) is 0 Å². The molecule has 0 unspecified atom stereocenters. The fourth-order valence-electron chi connectivity index (χ4n) is 4.01. The summed E-state index contributed by atoms with van der Waals surface area (Å²) < 4.78 is 164. The highest BCUT2D eigenvalue weighted by atomic mass is 31.2. The first-order valence-electron chi connectivity index (χ1n) is 11.6. The summed E-state index contributed by atoms with van der Waals surface area (Å²) in [6, 6.07) is 5.38. The lowest BCUT2D eigenvalue weighted by molar-refractivity contribution is -0.143. The second kappa shape index (κ2) is 12.2. The normalized spacial score (nSPS) is 12.8. The average Bonchev–Trinajstić information content (AvgIpc) is 2.81. The molecule has 0 bridgehead atoms. The predicted molar refractivity (Wildman–Crippen MR) is 139 cm³/mol. The molecule has 0 radical (unpaired) electrons. The zero-order chi connectivity index (χ0) is 31.1. The van der Waals surface area contributed by atoms with Crippen LogP contribution in [0, 0.1) is 13.8 Å². The number of halogens is 12. The van der Waals surface area contributed by atoms with Crippen LogP contribution in [0.3, 0.4) is 0 Å². The molecule has 3 aromatic carbocycles. The van der Waals surface area contributed by atoms with E-state index in [9.17, 15) is 52.7 Å². The summed E-state index contributed by atoms with van der Waals surface area (Å²) in [6.07, 6.45) is -20.5. The van der Waals surface area contributed by atoms with Gasteiger partial charge in [-0.05, 0) is 79.6 Å². The Morgan fingerprint density at radius 3 is 0.878 bits per heavy atom. The van der Waals surface area contributed by atoms with Gasteiger partial charge in [-0.25, -0.2) is 0 Å². The second-order valence-electron chi connectivity index (χ2n) is 8.88. The molecule has 0 heterocycles. The summed E-state index contributed by atoms with van der Waals surface area (Å²) in [5.41, 5.74) is -6.03. The predicted octanol–water partition coefficient (Wildman–Crippen LogP) is 9.96. The Labute approximate surface area is 230 Å². The first-order valence-corrected chi connectivity index (χ1v) is 13.8. The molecular weight excluding hydrogens is 595 g/mol. The van der Waals surface area contributed by atoms with Gasteiger partial charge in [0.1, 0.15) is 23.2 Å². The molecule has 0 atom stereocenters. The van der Waals surface area contributed by atoms with Crippen LogP contribution in [0.4, 0.5) is 52.7 Å². The van der Waals surface area contributed by atoms with Crippen molar-refractivity contribution in [2.75, 3.05) is 6.66 Å². The minimum atomic E-state index is -5.28. The minimum absolute atomic E-state index is 0. The summed E-state index contributed by atoms with van der Waals surface area (Å²) in [4.78, 5) is 0. The summed E-state index contributed by atoms with van der Waals surface area (Å²) in [5, 5.41) is -1.36. The maximum Gasteiger partial charge on any atom is 0.416 e. The molecule has 0 spiro atoms.